The van der Waals surface area contributed by atoms with E-state index in [1.54, 1.807) is 5.48 Å². The average Bonchev–Trinajstić information content (AvgIpc) is 2.87. The Balaban J connectivity index is 1.71. The van der Waals surface area contributed by atoms with Crippen molar-refractivity contribution in [3.63, 3.8) is 0 Å². The molecule has 0 radical (unpaired) electrons. The van der Waals surface area contributed by atoms with Gasteiger partial charge in [-0.05, 0) is 43.4 Å². The Morgan fingerprint density at radius 3 is 2.77 bits per heavy atom. The molecule has 1 saturated heterocycles. The van der Waals surface area contributed by atoms with Crippen molar-refractivity contribution in [1.82, 2.24) is 10.4 Å². The Bertz CT molecular complexity index is 519. The zero-order chi connectivity index (χ0) is 15.9. The summed E-state index contributed by atoms with van der Waals surface area (Å²) in [5.74, 6) is -0.399. The third-order valence-electron chi connectivity index (χ3n) is 4.06. The van der Waals surface area contributed by atoms with Crippen molar-refractivity contribution in [2.75, 3.05) is 13.1 Å². The molecular formula is C16H21ClN2O3. The van der Waals surface area contributed by atoms with Crippen molar-refractivity contribution in [2.45, 2.75) is 32.1 Å². The molecule has 6 heteroatoms. The molecule has 0 aromatic heterocycles. The maximum absolute atomic E-state index is 12.2. The number of amides is 2. The SMILES string of the molecule is O=C(CCC1CCN(CCCc2ccc(Cl)cc2)C1=O)NO. The number of nitrogens with zero attached hydrogens (tertiary/aromatic N) is 1. The van der Waals surface area contributed by atoms with E-state index < -0.39 is 5.91 Å². The van der Waals surface area contributed by atoms with E-state index in [1.165, 1.54) is 5.56 Å². The van der Waals surface area contributed by atoms with Crippen molar-refractivity contribution in [3.05, 3.63) is 34.9 Å². The van der Waals surface area contributed by atoms with Crippen LogP contribution in [-0.2, 0) is 16.0 Å². The maximum Gasteiger partial charge on any atom is 0.243 e. The van der Waals surface area contributed by atoms with Crippen LogP contribution in [0.15, 0.2) is 24.3 Å². The first-order valence-corrected chi connectivity index (χ1v) is 7.94. The summed E-state index contributed by atoms with van der Waals surface area (Å²) in [6.07, 6.45) is 3.30. The van der Waals surface area contributed by atoms with Crippen LogP contribution < -0.4 is 5.48 Å². The Morgan fingerprint density at radius 1 is 1.36 bits per heavy atom. The molecule has 2 amide bonds. The molecule has 1 fully saturated rings. The first-order chi connectivity index (χ1) is 10.6. The smallest absolute Gasteiger partial charge is 0.243 e. The fourth-order valence-electron chi connectivity index (χ4n) is 2.78. The molecule has 0 bridgehead atoms. The van der Waals surface area contributed by atoms with Crippen molar-refractivity contribution in [1.29, 1.82) is 0 Å². The predicted octanol–water partition coefficient (Wildman–Crippen LogP) is 2.41. The van der Waals surface area contributed by atoms with Crippen LogP contribution in [0.4, 0.5) is 0 Å². The molecule has 2 N–H and O–H groups in total. The second-order valence-electron chi connectivity index (χ2n) is 5.61. The Morgan fingerprint density at radius 2 is 2.09 bits per heavy atom. The lowest BCUT2D eigenvalue weighted by Crippen LogP contribution is -2.29. The normalized spacial score (nSPS) is 17.8. The highest BCUT2D eigenvalue weighted by Gasteiger charge is 2.31. The molecule has 2 rings (SSSR count). The molecule has 1 aromatic rings. The predicted molar refractivity (Wildman–Crippen MR) is 83.6 cm³/mol. The van der Waals surface area contributed by atoms with Gasteiger partial charge in [0.1, 0.15) is 0 Å². The number of halogens is 1. The number of hydrogen-bond acceptors (Lipinski definition) is 3. The Labute approximate surface area is 135 Å². The van der Waals surface area contributed by atoms with Gasteiger partial charge in [-0.25, -0.2) is 5.48 Å². The summed E-state index contributed by atoms with van der Waals surface area (Å²) in [4.78, 5) is 25.1. The zero-order valence-corrected chi connectivity index (χ0v) is 13.2. The summed E-state index contributed by atoms with van der Waals surface area (Å²) in [5, 5.41) is 9.19. The lowest BCUT2D eigenvalue weighted by molar-refractivity contribution is -0.132. The zero-order valence-electron chi connectivity index (χ0n) is 12.4. The molecule has 120 valence electrons. The van der Waals surface area contributed by atoms with Crippen LogP contribution in [0.3, 0.4) is 0 Å². The van der Waals surface area contributed by atoms with Crippen molar-refractivity contribution in [2.24, 2.45) is 5.92 Å². The molecule has 1 atom stereocenters. The highest BCUT2D eigenvalue weighted by molar-refractivity contribution is 6.30. The van der Waals surface area contributed by atoms with E-state index >= 15 is 0 Å². The number of aryl methyl sites for hydroxylation is 1. The number of hydroxylamine groups is 1. The van der Waals surface area contributed by atoms with Crippen LogP contribution in [0.25, 0.3) is 0 Å². The largest absolute Gasteiger partial charge is 0.342 e. The number of benzene rings is 1. The number of likely N-dealkylation sites (tertiary alicyclic amines) is 1. The minimum Gasteiger partial charge on any atom is -0.342 e. The maximum atomic E-state index is 12.2. The second-order valence-corrected chi connectivity index (χ2v) is 6.05. The fraction of sp³-hybridized carbons (Fsp3) is 0.500. The van der Waals surface area contributed by atoms with Crippen LogP contribution in [-0.4, -0.2) is 35.0 Å². The first kappa shape index (κ1) is 16.8. The van der Waals surface area contributed by atoms with Gasteiger partial charge < -0.3 is 4.90 Å². The molecule has 0 saturated carbocycles. The van der Waals surface area contributed by atoms with Gasteiger partial charge in [-0.3, -0.25) is 14.8 Å². The number of hydrogen-bond donors (Lipinski definition) is 2. The molecule has 1 aliphatic heterocycles. The third-order valence-corrected chi connectivity index (χ3v) is 4.31. The first-order valence-electron chi connectivity index (χ1n) is 7.56. The van der Waals surface area contributed by atoms with Crippen molar-refractivity contribution in [3.8, 4) is 0 Å². The molecule has 0 spiro atoms. The van der Waals surface area contributed by atoms with Crippen LogP contribution in [0, 0.1) is 5.92 Å². The number of rotatable bonds is 7. The molecule has 5 nitrogen and oxygen atoms in total. The number of carbonyl (C=O) groups is 2. The van der Waals surface area contributed by atoms with Gasteiger partial charge in [-0.15, -0.1) is 0 Å². The van der Waals surface area contributed by atoms with E-state index in [1.807, 2.05) is 29.2 Å². The van der Waals surface area contributed by atoms with Gasteiger partial charge in [0.2, 0.25) is 11.8 Å². The van der Waals surface area contributed by atoms with Gasteiger partial charge in [0, 0.05) is 30.5 Å². The van der Waals surface area contributed by atoms with Crippen molar-refractivity contribution < 1.29 is 14.8 Å². The van der Waals surface area contributed by atoms with E-state index in [4.69, 9.17) is 16.8 Å². The fourth-order valence-corrected chi connectivity index (χ4v) is 2.91. The molecule has 1 aromatic carbocycles. The molecular weight excluding hydrogens is 304 g/mol. The summed E-state index contributed by atoms with van der Waals surface area (Å²) in [7, 11) is 0. The summed E-state index contributed by atoms with van der Waals surface area (Å²) in [6.45, 7) is 1.50. The highest BCUT2D eigenvalue weighted by atomic mass is 35.5. The quantitative estimate of drug-likeness (QED) is 0.597. The Hall–Kier alpha value is -1.59. The molecule has 1 aliphatic rings. The van der Waals surface area contributed by atoms with Crippen LogP contribution >= 0.6 is 11.6 Å². The lowest BCUT2D eigenvalue weighted by Gasteiger charge is -2.16. The van der Waals surface area contributed by atoms with Crippen LogP contribution in [0.1, 0.15) is 31.2 Å². The molecule has 1 heterocycles. The van der Waals surface area contributed by atoms with Gasteiger partial charge in [0.25, 0.3) is 0 Å². The highest BCUT2D eigenvalue weighted by Crippen LogP contribution is 2.23. The number of nitrogens with one attached hydrogen (secondary N) is 1. The van der Waals surface area contributed by atoms with Crippen LogP contribution in [0.5, 0.6) is 0 Å². The van der Waals surface area contributed by atoms with Gasteiger partial charge >= 0.3 is 0 Å². The minimum absolute atomic E-state index is 0.0900. The lowest BCUT2D eigenvalue weighted by atomic mass is 10.0. The van der Waals surface area contributed by atoms with E-state index in [9.17, 15) is 9.59 Å². The topological polar surface area (TPSA) is 69.6 Å². The van der Waals surface area contributed by atoms with E-state index in [-0.39, 0.29) is 18.2 Å². The van der Waals surface area contributed by atoms with Gasteiger partial charge in [0.05, 0.1) is 0 Å². The molecule has 0 aliphatic carbocycles. The minimum atomic E-state index is -0.436. The Kier molecular flexibility index (Phi) is 6.21. The third kappa shape index (κ3) is 4.71. The summed E-state index contributed by atoms with van der Waals surface area (Å²) in [5.41, 5.74) is 2.81. The number of carbonyl (C=O) groups excluding carboxylic acids is 2. The second kappa shape index (κ2) is 8.15. The van der Waals surface area contributed by atoms with E-state index in [0.717, 1.165) is 37.4 Å². The van der Waals surface area contributed by atoms with Gasteiger partial charge in [-0.2, -0.15) is 0 Å². The molecule has 1 unspecified atom stereocenters. The standard InChI is InChI=1S/C16H21ClN2O3/c17-14-6-3-12(4-7-14)2-1-10-19-11-9-13(16(19)21)5-8-15(20)18-22/h3-4,6-7,13,22H,1-2,5,8-11H2,(H,18,20). The monoisotopic (exact) mass is 324 g/mol. The van der Waals surface area contributed by atoms with E-state index in [2.05, 4.69) is 0 Å². The average molecular weight is 325 g/mol. The van der Waals surface area contributed by atoms with E-state index in [0.29, 0.717) is 6.42 Å². The summed E-state index contributed by atoms with van der Waals surface area (Å²) >= 11 is 5.85. The summed E-state index contributed by atoms with van der Waals surface area (Å²) < 4.78 is 0. The molecule has 22 heavy (non-hydrogen) atoms. The summed E-state index contributed by atoms with van der Waals surface area (Å²) in [6, 6.07) is 7.76. The van der Waals surface area contributed by atoms with Gasteiger partial charge in [-0.1, -0.05) is 23.7 Å². The van der Waals surface area contributed by atoms with Crippen molar-refractivity contribution >= 4 is 23.4 Å². The van der Waals surface area contributed by atoms with Gasteiger partial charge in [0.15, 0.2) is 0 Å². The van der Waals surface area contributed by atoms with Crippen LogP contribution in [0.2, 0.25) is 5.02 Å².